The summed E-state index contributed by atoms with van der Waals surface area (Å²) in [5, 5.41) is 9.66. The van der Waals surface area contributed by atoms with Gasteiger partial charge in [-0.25, -0.2) is 9.07 Å². The molecule has 1 amide bonds. The average molecular weight is 432 g/mol. The standard InChI is InChI=1S/C26H26FN3O2/c1-16(19-5-6-21-14-24(32-4)12-7-20(21)13-19)26(31)29-17(2)25-15-28-30(18(25)3)23-10-8-22(27)9-11-23/h5-17H,1-4H3,(H,29,31)/t16-,17?/m0/s1. The van der Waals surface area contributed by atoms with Crippen LogP contribution in [0.25, 0.3) is 16.5 Å². The van der Waals surface area contributed by atoms with E-state index in [2.05, 4.69) is 10.4 Å². The van der Waals surface area contributed by atoms with Gasteiger partial charge in [0.05, 0.1) is 31.0 Å². The molecule has 4 rings (SSSR count). The Hall–Kier alpha value is -3.67. The van der Waals surface area contributed by atoms with Crippen LogP contribution in [-0.4, -0.2) is 22.8 Å². The number of hydrogen-bond donors (Lipinski definition) is 1. The van der Waals surface area contributed by atoms with Crippen molar-refractivity contribution in [1.82, 2.24) is 15.1 Å². The molecule has 0 radical (unpaired) electrons. The molecule has 32 heavy (non-hydrogen) atoms. The zero-order valence-corrected chi connectivity index (χ0v) is 18.6. The molecule has 0 bridgehead atoms. The van der Waals surface area contributed by atoms with Gasteiger partial charge >= 0.3 is 0 Å². The Labute approximate surface area is 186 Å². The van der Waals surface area contributed by atoms with Crippen molar-refractivity contribution in [1.29, 1.82) is 0 Å². The van der Waals surface area contributed by atoms with Gasteiger partial charge in [0.15, 0.2) is 0 Å². The molecular formula is C26H26FN3O2. The third kappa shape index (κ3) is 4.21. The normalized spacial score (nSPS) is 13.0. The van der Waals surface area contributed by atoms with E-state index >= 15 is 0 Å². The fourth-order valence-electron chi connectivity index (χ4n) is 3.90. The number of nitrogens with zero attached hydrogens (tertiary/aromatic N) is 2. The fraction of sp³-hybridized carbons (Fsp3) is 0.231. The van der Waals surface area contributed by atoms with Crippen LogP contribution in [-0.2, 0) is 4.79 Å². The van der Waals surface area contributed by atoms with Crippen molar-refractivity contribution in [3.05, 3.63) is 89.5 Å². The van der Waals surface area contributed by atoms with E-state index in [9.17, 15) is 9.18 Å². The highest BCUT2D eigenvalue weighted by Crippen LogP contribution is 2.26. The lowest BCUT2D eigenvalue weighted by Crippen LogP contribution is -2.30. The Kier molecular flexibility index (Phi) is 5.95. The van der Waals surface area contributed by atoms with Gasteiger partial charge in [-0.1, -0.05) is 24.3 Å². The van der Waals surface area contributed by atoms with Crippen molar-refractivity contribution < 1.29 is 13.9 Å². The molecule has 0 aliphatic carbocycles. The number of halogens is 1. The molecule has 0 fully saturated rings. The zero-order chi connectivity index (χ0) is 22.8. The monoisotopic (exact) mass is 431 g/mol. The molecule has 0 saturated carbocycles. The molecule has 2 atom stereocenters. The highest BCUT2D eigenvalue weighted by Gasteiger charge is 2.21. The Morgan fingerprint density at radius 2 is 1.72 bits per heavy atom. The first-order valence-corrected chi connectivity index (χ1v) is 10.6. The summed E-state index contributed by atoms with van der Waals surface area (Å²) in [6.45, 7) is 5.78. The zero-order valence-electron chi connectivity index (χ0n) is 18.6. The number of carbonyl (C=O) groups excluding carboxylic acids is 1. The van der Waals surface area contributed by atoms with Gasteiger partial charge < -0.3 is 10.1 Å². The second-order valence-electron chi connectivity index (χ2n) is 8.00. The average Bonchev–Trinajstić information content (AvgIpc) is 3.19. The summed E-state index contributed by atoms with van der Waals surface area (Å²) in [5.74, 6) is 0.151. The first-order valence-electron chi connectivity index (χ1n) is 10.6. The number of ether oxygens (including phenoxy) is 1. The maximum atomic E-state index is 13.2. The number of methoxy groups -OCH3 is 1. The summed E-state index contributed by atoms with van der Waals surface area (Å²) >= 11 is 0. The number of aromatic nitrogens is 2. The van der Waals surface area contributed by atoms with Crippen molar-refractivity contribution >= 4 is 16.7 Å². The lowest BCUT2D eigenvalue weighted by molar-refractivity contribution is -0.122. The summed E-state index contributed by atoms with van der Waals surface area (Å²) in [5.41, 5.74) is 3.54. The predicted octanol–water partition coefficient (Wildman–Crippen LogP) is 5.46. The third-order valence-corrected chi connectivity index (χ3v) is 5.91. The van der Waals surface area contributed by atoms with Gasteiger partial charge in [0.1, 0.15) is 11.6 Å². The van der Waals surface area contributed by atoms with Gasteiger partial charge in [0, 0.05) is 11.3 Å². The van der Waals surface area contributed by atoms with E-state index in [-0.39, 0.29) is 23.7 Å². The quantitative estimate of drug-likeness (QED) is 0.441. The van der Waals surface area contributed by atoms with Gasteiger partial charge in [-0.3, -0.25) is 4.79 Å². The molecule has 3 aromatic carbocycles. The molecule has 4 aromatic rings. The highest BCUT2D eigenvalue weighted by molar-refractivity contribution is 5.88. The van der Waals surface area contributed by atoms with Crippen LogP contribution in [0.1, 0.15) is 42.6 Å². The minimum Gasteiger partial charge on any atom is -0.497 e. The smallest absolute Gasteiger partial charge is 0.227 e. The van der Waals surface area contributed by atoms with Crippen molar-refractivity contribution in [2.24, 2.45) is 0 Å². The van der Waals surface area contributed by atoms with Crippen LogP contribution in [0.2, 0.25) is 0 Å². The van der Waals surface area contributed by atoms with Crippen LogP contribution in [0.3, 0.4) is 0 Å². The molecule has 5 nitrogen and oxygen atoms in total. The fourth-order valence-corrected chi connectivity index (χ4v) is 3.90. The Balaban J connectivity index is 1.50. The van der Waals surface area contributed by atoms with E-state index in [0.29, 0.717) is 0 Å². The van der Waals surface area contributed by atoms with Crippen molar-refractivity contribution in [3.63, 3.8) is 0 Å². The van der Waals surface area contributed by atoms with Gasteiger partial charge in [-0.05, 0) is 73.5 Å². The van der Waals surface area contributed by atoms with Gasteiger partial charge in [0.2, 0.25) is 5.91 Å². The topological polar surface area (TPSA) is 56.1 Å². The second-order valence-corrected chi connectivity index (χ2v) is 8.00. The number of rotatable bonds is 6. The number of carbonyl (C=O) groups is 1. The highest BCUT2D eigenvalue weighted by atomic mass is 19.1. The lowest BCUT2D eigenvalue weighted by atomic mass is 9.96. The van der Waals surface area contributed by atoms with Crippen LogP contribution in [0.15, 0.2) is 66.9 Å². The van der Waals surface area contributed by atoms with Gasteiger partial charge in [0.25, 0.3) is 0 Å². The van der Waals surface area contributed by atoms with Gasteiger partial charge in [-0.15, -0.1) is 0 Å². The Bertz CT molecular complexity index is 1260. The van der Waals surface area contributed by atoms with Crippen LogP contribution in [0.5, 0.6) is 5.75 Å². The van der Waals surface area contributed by atoms with Crippen LogP contribution >= 0.6 is 0 Å². The van der Waals surface area contributed by atoms with E-state index in [4.69, 9.17) is 4.74 Å². The minimum absolute atomic E-state index is 0.0562. The number of benzene rings is 3. The van der Waals surface area contributed by atoms with Crippen molar-refractivity contribution in [3.8, 4) is 11.4 Å². The molecule has 0 aliphatic heterocycles. The molecule has 1 aromatic heterocycles. The summed E-state index contributed by atoms with van der Waals surface area (Å²) in [4.78, 5) is 13.0. The number of hydrogen-bond acceptors (Lipinski definition) is 3. The van der Waals surface area contributed by atoms with Crippen molar-refractivity contribution in [2.45, 2.75) is 32.7 Å². The molecule has 0 saturated heterocycles. The second kappa shape index (κ2) is 8.83. The third-order valence-electron chi connectivity index (χ3n) is 5.91. The summed E-state index contributed by atoms with van der Waals surface area (Å²) in [7, 11) is 1.65. The molecule has 1 heterocycles. The first kappa shape index (κ1) is 21.6. The van der Waals surface area contributed by atoms with Crippen LogP contribution in [0.4, 0.5) is 4.39 Å². The molecule has 0 aliphatic rings. The SMILES string of the molecule is COc1ccc2cc([C@H](C)C(=O)NC(C)c3cnn(-c4ccc(F)cc4)c3C)ccc2c1. The number of nitrogens with one attached hydrogen (secondary N) is 1. The molecule has 6 heteroatoms. The summed E-state index contributed by atoms with van der Waals surface area (Å²) < 4.78 is 20.3. The minimum atomic E-state index is -0.309. The van der Waals surface area contributed by atoms with E-state index < -0.39 is 0 Å². The molecule has 0 spiro atoms. The van der Waals surface area contributed by atoms with E-state index in [1.807, 2.05) is 57.2 Å². The molecule has 1 N–H and O–H groups in total. The van der Waals surface area contributed by atoms with Crippen LogP contribution < -0.4 is 10.1 Å². The molecule has 164 valence electrons. The largest absolute Gasteiger partial charge is 0.497 e. The van der Waals surface area contributed by atoms with Gasteiger partial charge in [-0.2, -0.15) is 5.10 Å². The lowest BCUT2D eigenvalue weighted by Gasteiger charge is -2.18. The van der Waals surface area contributed by atoms with E-state index in [0.717, 1.165) is 39.0 Å². The predicted molar refractivity (Wildman–Crippen MR) is 124 cm³/mol. The molecule has 1 unspecified atom stereocenters. The number of fused-ring (bicyclic) bond motifs is 1. The number of amides is 1. The van der Waals surface area contributed by atoms with Crippen LogP contribution in [0, 0.1) is 12.7 Å². The summed E-state index contributed by atoms with van der Waals surface area (Å²) in [6.07, 6.45) is 1.75. The summed E-state index contributed by atoms with van der Waals surface area (Å²) in [6, 6.07) is 17.9. The Morgan fingerprint density at radius 1 is 1.03 bits per heavy atom. The first-order chi connectivity index (χ1) is 15.4. The maximum Gasteiger partial charge on any atom is 0.227 e. The maximum absolute atomic E-state index is 13.2. The Morgan fingerprint density at radius 3 is 2.44 bits per heavy atom. The van der Waals surface area contributed by atoms with E-state index in [1.54, 1.807) is 30.1 Å². The van der Waals surface area contributed by atoms with E-state index in [1.165, 1.54) is 12.1 Å². The van der Waals surface area contributed by atoms with Crippen molar-refractivity contribution in [2.75, 3.05) is 7.11 Å². The molecular weight excluding hydrogens is 405 g/mol.